The molecule has 0 saturated carbocycles. The van der Waals surface area contributed by atoms with Gasteiger partial charge in [0, 0.05) is 16.3 Å². The van der Waals surface area contributed by atoms with Gasteiger partial charge in [-0.2, -0.15) is 0 Å². The van der Waals surface area contributed by atoms with E-state index in [1.54, 1.807) is 11.3 Å². The zero-order chi connectivity index (χ0) is 10.7. The molecule has 1 heterocycles. The highest BCUT2D eigenvalue weighted by atomic mass is 32.2. The molecule has 0 aliphatic rings. The summed E-state index contributed by atoms with van der Waals surface area (Å²) in [6.07, 6.45) is 0. The molecular weight excluding hydrogens is 222 g/mol. The molecule has 2 aromatic rings. The van der Waals surface area contributed by atoms with Gasteiger partial charge in [-0.3, -0.25) is 0 Å². The van der Waals surface area contributed by atoms with Gasteiger partial charge in [0.2, 0.25) is 0 Å². The zero-order valence-corrected chi connectivity index (χ0v) is 9.98. The van der Waals surface area contributed by atoms with E-state index in [-0.39, 0.29) is 10.5 Å². The number of hydrogen-bond donors (Lipinski definition) is 1. The Hall–Kier alpha value is -0.900. The van der Waals surface area contributed by atoms with Gasteiger partial charge in [0.1, 0.15) is 0 Å². The van der Waals surface area contributed by atoms with E-state index in [0.717, 1.165) is 0 Å². The summed E-state index contributed by atoms with van der Waals surface area (Å²) in [7, 11) is -0.0646. The summed E-state index contributed by atoms with van der Waals surface area (Å²) in [5, 5.41) is 0. The van der Waals surface area contributed by atoms with Crippen molar-refractivity contribution >= 4 is 27.7 Å². The number of thiophene rings is 1. The molecule has 2 N–H and O–H groups in total. The highest BCUT2D eigenvalue weighted by Gasteiger charge is 2.03. The van der Waals surface area contributed by atoms with E-state index in [0.29, 0.717) is 6.54 Å². The Morgan fingerprint density at radius 2 is 1.87 bits per heavy atom. The average molecular weight is 235 g/mol. The lowest BCUT2D eigenvalue weighted by atomic mass is 10.4. The molecule has 78 valence electrons. The van der Waals surface area contributed by atoms with Crippen LogP contribution in [0.1, 0.15) is 4.88 Å². The van der Waals surface area contributed by atoms with Crippen LogP contribution in [-0.4, -0.2) is 5.87 Å². The molecule has 1 atom stereocenters. The number of nitrogens with two attached hydrogens (primary N) is 1. The van der Waals surface area contributed by atoms with Crippen LogP contribution in [-0.2, 0) is 6.54 Å². The molecule has 3 heteroatoms. The van der Waals surface area contributed by atoms with Gasteiger partial charge in [-0.25, -0.2) is 0 Å². The minimum absolute atomic E-state index is 0.0646. The quantitative estimate of drug-likeness (QED) is 0.811. The van der Waals surface area contributed by atoms with Crippen LogP contribution in [0, 0.1) is 0 Å². The number of hydrogen-bond acceptors (Lipinski definition) is 2. The molecule has 0 aliphatic carbocycles. The fourth-order valence-electron chi connectivity index (χ4n) is 1.30. The van der Waals surface area contributed by atoms with Crippen molar-refractivity contribution in [2.75, 3.05) is 0 Å². The maximum absolute atomic E-state index is 5.60. The van der Waals surface area contributed by atoms with E-state index in [4.69, 9.17) is 5.73 Å². The lowest BCUT2D eigenvalue weighted by Crippen LogP contribution is -1.90. The van der Waals surface area contributed by atoms with Crippen molar-refractivity contribution in [3.63, 3.8) is 0 Å². The van der Waals surface area contributed by atoms with Crippen molar-refractivity contribution in [1.82, 2.24) is 0 Å². The predicted molar refractivity (Wildman–Crippen MR) is 69.9 cm³/mol. The van der Waals surface area contributed by atoms with E-state index in [2.05, 4.69) is 42.3 Å². The third-order valence-electron chi connectivity index (χ3n) is 2.11. The van der Waals surface area contributed by atoms with Gasteiger partial charge >= 0.3 is 0 Å². The Balaban J connectivity index is 2.29. The van der Waals surface area contributed by atoms with E-state index in [1.165, 1.54) is 14.0 Å². The lowest BCUT2D eigenvalue weighted by molar-refractivity contribution is 1.11. The molecule has 0 amide bonds. The minimum atomic E-state index is -0.0646. The van der Waals surface area contributed by atoms with Crippen LogP contribution in [0.5, 0.6) is 0 Å². The average Bonchev–Trinajstić information content (AvgIpc) is 2.78. The van der Waals surface area contributed by atoms with Crippen molar-refractivity contribution in [3.05, 3.63) is 47.3 Å². The molecule has 0 bridgehead atoms. The Labute approximate surface area is 96.5 Å². The maximum Gasteiger partial charge on any atom is 0.0586 e. The normalized spacial score (nSPS) is 12.6. The Bertz CT molecular complexity index is 459. The topological polar surface area (TPSA) is 26.0 Å². The van der Waals surface area contributed by atoms with Crippen molar-refractivity contribution < 1.29 is 0 Å². The van der Waals surface area contributed by atoms with Crippen LogP contribution < -0.4 is 5.73 Å². The van der Waals surface area contributed by atoms with Crippen molar-refractivity contribution in [2.24, 2.45) is 5.73 Å². The molecule has 1 aromatic heterocycles. The Morgan fingerprint density at radius 1 is 1.13 bits per heavy atom. The smallest absolute Gasteiger partial charge is 0.0586 e. The monoisotopic (exact) mass is 235 g/mol. The van der Waals surface area contributed by atoms with Crippen LogP contribution in [0.3, 0.4) is 0 Å². The molecule has 0 saturated heterocycles. The summed E-state index contributed by atoms with van der Waals surface area (Å²) < 4.78 is 1.31. The molecule has 0 radical (unpaired) electrons. The third-order valence-corrected chi connectivity index (χ3v) is 5.33. The minimum Gasteiger partial charge on any atom is -0.326 e. The van der Waals surface area contributed by atoms with Crippen molar-refractivity contribution in [3.8, 4) is 0 Å². The van der Waals surface area contributed by atoms with Gasteiger partial charge in [-0.1, -0.05) is 24.1 Å². The highest BCUT2D eigenvalue weighted by Crippen LogP contribution is 2.38. The van der Waals surface area contributed by atoms with E-state index >= 15 is 0 Å². The molecule has 1 aromatic carbocycles. The Morgan fingerprint density at radius 3 is 2.47 bits per heavy atom. The molecule has 15 heavy (non-hydrogen) atoms. The number of rotatable bonds is 3. The van der Waals surface area contributed by atoms with Crippen LogP contribution in [0.4, 0.5) is 0 Å². The highest BCUT2D eigenvalue weighted by molar-refractivity contribution is 8.15. The SMILES string of the molecule is C=S(c1ccccc1)c1ccc(CN)s1. The molecule has 2 rings (SSSR count). The first kappa shape index (κ1) is 10.6. The lowest BCUT2D eigenvalue weighted by Gasteiger charge is -2.03. The van der Waals surface area contributed by atoms with Gasteiger partial charge in [-0.05, 0) is 24.3 Å². The van der Waals surface area contributed by atoms with Crippen molar-refractivity contribution in [2.45, 2.75) is 15.6 Å². The van der Waals surface area contributed by atoms with Gasteiger partial charge < -0.3 is 5.73 Å². The predicted octanol–water partition coefficient (Wildman–Crippen LogP) is 3.33. The first-order valence-electron chi connectivity index (χ1n) is 4.69. The van der Waals surface area contributed by atoms with Crippen LogP contribution in [0.25, 0.3) is 0 Å². The van der Waals surface area contributed by atoms with E-state index in [1.807, 2.05) is 6.07 Å². The first-order valence-corrected chi connectivity index (χ1v) is 6.90. The van der Waals surface area contributed by atoms with Crippen LogP contribution >= 0.6 is 21.8 Å². The van der Waals surface area contributed by atoms with E-state index in [9.17, 15) is 0 Å². The molecule has 0 spiro atoms. The van der Waals surface area contributed by atoms with Gasteiger partial charge in [-0.15, -0.1) is 21.8 Å². The third kappa shape index (κ3) is 2.37. The fraction of sp³-hybridized carbons (Fsp3) is 0.0833. The summed E-state index contributed by atoms with van der Waals surface area (Å²) in [5.74, 6) is 4.22. The fourth-order valence-corrected chi connectivity index (χ4v) is 3.88. The molecular formula is C12H13NS2. The standard InChI is InChI=1S/C12H13NS2/c1-15(11-5-3-2-4-6-11)12-8-7-10(9-13)14-12/h2-8H,1,9,13H2. The molecule has 1 unspecified atom stereocenters. The van der Waals surface area contributed by atoms with E-state index < -0.39 is 0 Å². The van der Waals surface area contributed by atoms with Crippen LogP contribution in [0.2, 0.25) is 0 Å². The zero-order valence-electron chi connectivity index (χ0n) is 8.35. The second kappa shape index (κ2) is 4.75. The summed E-state index contributed by atoms with van der Waals surface area (Å²) in [4.78, 5) is 2.50. The van der Waals surface area contributed by atoms with Gasteiger partial charge in [0.15, 0.2) is 0 Å². The van der Waals surface area contributed by atoms with Gasteiger partial charge in [0.25, 0.3) is 0 Å². The second-order valence-corrected chi connectivity index (χ2v) is 6.25. The molecule has 0 fully saturated rings. The second-order valence-electron chi connectivity index (χ2n) is 3.13. The Kier molecular flexibility index (Phi) is 3.36. The summed E-state index contributed by atoms with van der Waals surface area (Å²) in [6.45, 7) is 0.622. The summed E-state index contributed by atoms with van der Waals surface area (Å²) in [5.41, 5.74) is 5.60. The number of benzene rings is 1. The summed E-state index contributed by atoms with van der Waals surface area (Å²) in [6, 6.07) is 14.6. The van der Waals surface area contributed by atoms with Crippen LogP contribution in [0.15, 0.2) is 51.6 Å². The van der Waals surface area contributed by atoms with Gasteiger partial charge in [0.05, 0.1) is 4.21 Å². The van der Waals surface area contributed by atoms with Crippen molar-refractivity contribution in [1.29, 1.82) is 0 Å². The molecule has 1 nitrogen and oxygen atoms in total. The summed E-state index contributed by atoms with van der Waals surface area (Å²) >= 11 is 1.76. The first-order chi connectivity index (χ1) is 7.31. The maximum atomic E-state index is 5.60. The largest absolute Gasteiger partial charge is 0.326 e. The molecule has 0 aliphatic heterocycles.